The molecule has 0 aromatic carbocycles. The molecule has 2 aromatic heterocycles. The van der Waals surface area contributed by atoms with Gasteiger partial charge in [-0.2, -0.15) is 0 Å². The number of nitrogens with zero attached hydrogens (tertiary/aromatic N) is 2. The van der Waals surface area contributed by atoms with Crippen molar-refractivity contribution in [3.05, 3.63) is 46.0 Å². The maximum absolute atomic E-state index is 9.70. The maximum atomic E-state index is 9.70. The molecule has 5 heteroatoms. The molecule has 0 aliphatic carbocycles. The average Bonchev–Trinajstić information content (AvgIpc) is 2.32. The third kappa shape index (κ3) is 2.98. The Morgan fingerprint density at radius 2 is 1.94 bits per heavy atom. The van der Waals surface area contributed by atoms with Crippen molar-refractivity contribution in [2.75, 3.05) is 5.32 Å². The summed E-state index contributed by atoms with van der Waals surface area (Å²) in [7, 11) is 0. The minimum Gasteiger partial charge on any atom is -0.506 e. The summed E-state index contributed by atoms with van der Waals surface area (Å²) in [6.07, 6.45) is 0. The predicted octanol–water partition coefficient (Wildman–Crippen LogP) is 3.17. The summed E-state index contributed by atoms with van der Waals surface area (Å²) in [6, 6.07) is 7.26. The second-order valence-corrected chi connectivity index (χ2v) is 4.85. The molecule has 4 nitrogen and oxygen atoms in total. The van der Waals surface area contributed by atoms with Crippen molar-refractivity contribution in [2.45, 2.75) is 20.4 Å². The number of hydrogen-bond donors (Lipinski definition) is 2. The van der Waals surface area contributed by atoms with E-state index in [1.54, 1.807) is 12.1 Å². The molecule has 2 aromatic rings. The van der Waals surface area contributed by atoms with E-state index < -0.39 is 0 Å². The van der Waals surface area contributed by atoms with Crippen LogP contribution >= 0.6 is 15.9 Å². The number of anilines is 1. The van der Waals surface area contributed by atoms with Gasteiger partial charge >= 0.3 is 0 Å². The predicted molar refractivity (Wildman–Crippen MR) is 74.6 cm³/mol. The van der Waals surface area contributed by atoms with E-state index in [0.717, 1.165) is 21.7 Å². The van der Waals surface area contributed by atoms with Gasteiger partial charge in [-0.3, -0.25) is 4.98 Å². The average molecular weight is 308 g/mol. The number of rotatable bonds is 3. The maximum Gasteiger partial charge on any atom is 0.138 e. The molecule has 0 radical (unpaired) electrons. The number of halogens is 1. The molecule has 0 atom stereocenters. The molecule has 0 aliphatic heterocycles. The highest BCUT2D eigenvalue weighted by atomic mass is 79.9. The monoisotopic (exact) mass is 307 g/mol. The first-order valence-corrected chi connectivity index (χ1v) is 6.38. The Balaban J connectivity index is 2.13. The Hall–Kier alpha value is -1.62. The first-order valence-electron chi connectivity index (χ1n) is 5.59. The highest BCUT2D eigenvalue weighted by molar-refractivity contribution is 9.10. The summed E-state index contributed by atoms with van der Waals surface area (Å²) in [5, 5.41) is 12.9. The van der Waals surface area contributed by atoms with E-state index >= 15 is 0 Å². The van der Waals surface area contributed by atoms with Crippen LogP contribution in [0.25, 0.3) is 0 Å². The minimum atomic E-state index is 0.204. The number of aryl methyl sites for hydroxylation is 2. The Morgan fingerprint density at radius 1 is 1.17 bits per heavy atom. The van der Waals surface area contributed by atoms with Crippen molar-refractivity contribution in [1.82, 2.24) is 9.97 Å². The topological polar surface area (TPSA) is 58.0 Å². The van der Waals surface area contributed by atoms with Crippen LogP contribution in [0.15, 0.2) is 28.9 Å². The van der Waals surface area contributed by atoms with Crippen molar-refractivity contribution in [1.29, 1.82) is 0 Å². The van der Waals surface area contributed by atoms with Crippen LogP contribution in [0.4, 0.5) is 5.69 Å². The first-order chi connectivity index (χ1) is 8.56. The Labute approximate surface area is 114 Å². The fraction of sp³-hybridized carbons (Fsp3) is 0.231. The van der Waals surface area contributed by atoms with Crippen molar-refractivity contribution >= 4 is 21.6 Å². The van der Waals surface area contributed by atoms with E-state index in [0.29, 0.717) is 12.2 Å². The summed E-state index contributed by atoms with van der Waals surface area (Å²) in [5.41, 5.74) is 3.35. The zero-order chi connectivity index (χ0) is 13.1. The van der Waals surface area contributed by atoms with Crippen LogP contribution in [-0.4, -0.2) is 15.1 Å². The number of nitrogens with one attached hydrogen (secondary N) is 1. The Morgan fingerprint density at radius 3 is 2.67 bits per heavy atom. The van der Waals surface area contributed by atoms with Gasteiger partial charge in [0.2, 0.25) is 0 Å². The van der Waals surface area contributed by atoms with Gasteiger partial charge in [-0.1, -0.05) is 0 Å². The quantitative estimate of drug-likeness (QED) is 0.855. The highest BCUT2D eigenvalue weighted by Crippen LogP contribution is 2.19. The molecule has 2 N–H and O–H groups in total. The van der Waals surface area contributed by atoms with Gasteiger partial charge in [-0.05, 0) is 54.0 Å². The summed E-state index contributed by atoms with van der Waals surface area (Å²) >= 11 is 3.32. The lowest BCUT2D eigenvalue weighted by Crippen LogP contribution is -2.04. The second kappa shape index (κ2) is 5.35. The number of pyridine rings is 2. The largest absolute Gasteiger partial charge is 0.506 e. The molecule has 0 unspecified atom stereocenters. The lowest BCUT2D eigenvalue weighted by atomic mass is 10.2. The standard InChI is InChI=1S/C13H14BrN3O/c1-8-3-5-12(18)11(16-8)7-15-10-4-6-13(14)17-9(10)2/h3-6,15,18H,7H2,1-2H3. The van der Waals surface area contributed by atoms with Crippen LogP contribution in [0.3, 0.4) is 0 Å². The third-order valence-corrected chi connectivity index (χ3v) is 3.03. The zero-order valence-electron chi connectivity index (χ0n) is 10.2. The van der Waals surface area contributed by atoms with Crippen molar-refractivity contribution in [3.63, 3.8) is 0 Å². The third-order valence-electron chi connectivity index (χ3n) is 2.59. The van der Waals surface area contributed by atoms with Crippen LogP contribution < -0.4 is 5.32 Å². The van der Waals surface area contributed by atoms with E-state index in [9.17, 15) is 5.11 Å². The molecule has 0 amide bonds. The zero-order valence-corrected chi connectivity index (χ0v) is 11.8. The van der Waals surface area contributed by atoms with E-state index in [-0.39, 0.29) is 5.75 Å². The van der Waals surface area contributed by atoms with Crippen molar-refractivity contribution < 1.29 is 5.11 Å². The number of hydrogen-bond acceptors (Lipinski definition) is 4. The minimum absolute atomic E-state index is 0.204. The molecule has 0 bridgehead atoms. The normalized spacial score (nSPS) is 10.4. The fourth-order valence-electron chi connectivity index (χ4n) is 1.63. The van der Waals surface area contributed by atoms with Gasteiger partial charge in [0.05, 0.1) is 17.9 Å². The smallest absolute Gasteiger partial charge is 0.138 e. The molecule has 0 spiro atoms. The lowest BCUT2D eigenvalue weighted by Gasteiger charge is -2.10. The van der Waals surface area contributed by atoms with Crippen LogP contribution in [0.1, 0.15) is 17.1 Å². The first kappa shape index (κ1) is 12.8. The molecule has 94 valence electrons. The van der Waals surface area contributed by atoms with E-state index in [4.69, 9.17) is 0 Å². The number of aromatic nitrogens is 2. The van der Waals surface area contributed by atoms with Gasteiger partial charge in [0.15, 0.2) is 0 Å². The molecular weight excluding hydrogens is 294 g/mol. The molecular formula is C13H14BrN3O. The molecule has 0 saturated heterocycles. The summed E-state index contributed by atoms with van der Waals surface area (Å²) < 4.78 is 0.807. The molecule has 0 aliphatic rings. The van der Waals surface area contributed by atoms with E-state index in [2.05, 4.69) is 31.2 Å². The highest BCUT2D eigenvalue weighted by Gasteiger charge is 2.05. The van der Waals surface area contributed by atoms with Crippen LogP contribution in [0.2, 0.25) is 0 Å². The Kier molecular flexibility index (Phi) is 3.81. The fourth-order valence-corrected chi connectivity index (χ4v) is 2.03. The van der Waals surface area contributed by atoms with E-state index in [1.165, 1.54) is 0 Å². The van der Waals surface area contributed by atoms with Crippen LogP contribution in [0, 0.1) is 13.8 Å². The Bertz CT molecular complexity index is 572. The van der Waals surface area contributed by atoms with Gasteiger partial charge in [0.1, 0.15) is 16.0 Å². The number of aromatic hydroxyl groups is 1. The van der Waals surface area contributed by atoms with Crippen molar-refractivity contribution in [3.8, 4) is 5.75 Å². The molecule has 0 fully saturated rings. The van der Waals surface area contributed by atoms with Gasteiger partial charge in [-0.25, -0.2) is 4.98 Å². The molecule has 2 heterocycles. The summed E-state index contributed by atoms with van der Waals surface area (Å²) in [5.74, 6) is 0.204. The summed E-state index contributed by atoms with van der Waals surface area (Å²) in [6.45, 7) is 4.30. The van der Waals surface area contributed by atoms with Crippen LogP contribution in [-0.2, 0) is 6.54 Å². The van der Waals surface area contributed by atoms with Crippen LogP contribution in [0.5, 0.6) is 5.75 Å². The van der Waals surface area contributed by atoms with Gasteiger partial charge in [-0.15, -0.1) is 0 Å². The van der Waals surface area contributed by atoms with Gasteiger partial charge in [0, 0.05) is 5.69 Å². The van der Waals surface area contributed by atoms with Crippen molar-refractivity contribution in [2.24, 2.45) is 0 Å². The SMILES string of the molecule is Cc1ccc(O)c(CNc2ccc(Br)nc2C)n1. The van der Waals surface area contributed by atoms with E-state index in [1.807, 2.05) is 26.0 Å². The lowest BCUT2D eigenvalue weighted by molar-refractivity contribution is 0.464. The van der Waals surface area contributed by atoms with Gasteiger partial charge < -0.3 is 10.4 Å². The second-order valence-electron chi connectivity index (χ2n) is 4.04. The van der Waals surface area contributed by atoms with Gasteiger partial charge in [0.25, 0.3) is 0 Å². The summed E-state index contributed by atoms with van der Waals surface area (Å²) in [4.78, 5) is 8.59. The molecule has 18 heavy (non-hydrogen) atoms. The molecule has 2 rings (SSSR count). The molecule has 0 saturated carbocycles.